The molecule has 4 nitrogen and oxygen atoms in total. The van der Waals surface area contributed by atoms with Crippen molar-refractivity contribution in [2.45, 2.75) is 39.4 Å². The highest BCUT2D eigenvalue weighted by Crippen LogP contribution is 2.14. The van der Waals surface area contributed by atoms with E-state index in [9.17, 15) is 4.39 Å². The summed E-state index contributed by atoms with van der Waals surface area (Å²) in [4.78, 5) is 0. The number of aryl methyl sites for hydroxylation is 1. The van der Waals surface area contributed by atoms with E-state index < -0.39 is 0 Å². The van der Waals surface area contributed by atoms with Crippen molar-refractivity contribution < 1.29 is 4.39 Å². The molecule has 0 amide bonds. The average Bonchev–Trinajstić information content (AvgIpc) is 2.91. The summed E-state index contributed by atoms with van der Waals surface area (Å²) in [5.41, 5.74) is 2.30. The van der Waals surface area contributed by atoms with E-state index in [2.05, 4.69) is 24.3 Å². The summed E-state index contributed by atoms with van der Waals surface area (Å²) in [5, 5.41) is 16.7. The Kier molecular flexibility index (Phi) is 4.71. The Morgan fingerprint density at radius 2 is 2.19 bits per heavy atom. The molecule has 2 rings (SSSR count). The zero-order chi connectivity index (χ0) is 15.4. The molecule has 2 unspecified atom stereocenters. The molecule has 1 heterocycles. The Hall–Kier alpha value is -2.19. The van der Waals surface area contributed by atoms with Crippen molar-refractivity contribution >= 4 is 0 Å². The Labute approximate surface area is 124 Å². The predicted molar refractivity (Wildman–Crippen MR) is 79.1 cm³/mol. The summed E-state index contributed by atoms with van der Waals surface area (Å²) in [6.07, 6.45) is 3.83. The maximum atomic E-state index is 13.1. The van der Waals surface area contributed by atoms with Gasteiger partial charge in [0.2, 0.25) is 0 Å². The molecule has 0 spiro atoms. The molecular formula is C16H19FN4. The van der Waals surface area contributed by atoms with Crippen molar-refractivity contribution in [3.63, 3.8) is 0 Å². The topological polar surface area (TPSA) is 53.6 Å². The minimum atomic E-state index is -0.385. The molecule has 1 aromatic carbocycles. The van der Waals surface area contributed by atoms with Crippen LogP contribution in [-0.4, -0.2) is 15.8 Å². The molecule has 1 N–H and O–H groups in total. The van der Waals surface area contributed by atoms with Crippen LogP contribution in [0.4, 0.5) is 4.39 Å². The lowest BCUT2D eigenvalue weighted by Gasteiger charge is -2.22. The number of benzene rings is 1. The fraction of sp³-hybridized carbons (Fsp3) is 0.375. The van der Waals surface area contributed by atoms with Gasteiger partial charge in [0.1, 0.15) is 5.82 Å². The number of aromatic nitrogens is 2. The minimum Gasteiger partial charge on any atom is -0.308 e. The fourth-order valence-corrected chi connectivity index (χ4v) is 2.13. The van der Waals surface area contributed by atoms with Crippen LogP contribution in [0.3, 0.4) is 0 Å². The number of nitrogens with one attached hydrogen (secondary N) is 1. The molecule has 0 bridgehead atoms. The van der Waals surface area contributed by atoms with Gasteiger partial charge in [0.25, 0.3) is 0 Å². The first-order valence-electron chi connectivity index (χ1n) is 6.94. The van der Waals surface area contributed by atoms with Crippen LogP contribution in [0.1, 0.15) is 36.6 Å². The highest BCUT2D eigenvalue weighted by atomic mass is 19.1. The SMILES string of the molecule is Cc1cnn(C(C)C(C)NCc2ccc(F)cc2C#N)c1. The van der Waals surface area contributed by atoms with E-state index in [1.165, 1.54) is 12.1 Å². The third-order valence-electron chi connectivity index (χ3n) is 3.68. The van der Waals surface area contributed by atoms with Crippen molar-refractivity contribution in [3.05, 3.63) is 53.1 Å². The number of nitriles is 1. The number of rotatable bonds is 5. The molecule has 0 saturated carbocycles. The molecule has 2 atom stereocenters. The number of nitrogens with zero attached hydrogens (tertiary/aromatic N) is 3. The van der Waals surface area contributed by atoms with E-state index in [1.54, 1.807) is 6.07 Å². The Bertz CT molecular complexity index is 657. The van der Waals surface area contributed by atoms with Gasteiger partial charge in [0.05, 0.1) is 23.9 Å². The second-order valence-electron chi connectivity index (χ2n) is 5.32. The number of hydrogen-bond donors (Lipinski definition) is 1. The predicted octanol–water partition coefficient (Wildman–Crippen LogP) is 2.94. The Morgan fingerprint density at radius 1 is 1.43 bits per heavy atom. The standard InChI is InChI=1S/C16H19FN4/c1-11-8-20-21(10-11)13(3)12(2)19-9-14-4-5-16(17)6-15(14)7-18/h4-6,8,10,12-13,19H,9H2,1-3H3. The summed E-state index contributed by atoms with van der Waals surface area (Å²) in [6, 6.07) is 6.67. The van der Waals surface area contributed by atoms with E-state index >= 15 is 0 Å². The molecule has 0 aliphatic heterocycles. The van der Waals surface area contributed by atoms with Gasteiger partial charge in [0, 0.05) is 18.8 Å². The summed E-state index contributed by atoms with van der Waals surface area (Å²) >= 11 is 0. The van der Waals surface area contributed by atoms with Crippen LogP contribution in [0.5, 0.6) is 0 Å². The van der Waals surface area contributed by atoms with Crippen molar-refractivity contribution in [1.29, 1.82) is 5.26 Å². The van der Waals surface area contributed by atoms with E-state index in [1.807, 2.05) is 30.1 Å². The van der Waals surface area contributed by atoms with Crippen LogP contribution in [0.25, 0.3) is 0 Å². The third-order valence-corrected chi connectivity index (χ3v) is 3.68. The summed E-state index contributed by atoms with van der Waals surface area (Å²) in [6.45, 7) is 6.68. The van der Waals surface area contributed by atoms with E-state index in [4.69, 9.17) is 5.26 Å². The normalized spacial score (nSPS) is 13.7. The monoisotopic (exact) mass is 286 g/mol. The zero-order valence-electron chi connectivity index (χ0n) is 12.5. The highest BCUT2D eigenvalue weighted by Gasteiger charge is 2.15. The van der Waals surface area contributed by atoms with Gasteiger partial charge in [-0.05, 0) is 44.0 Å². The molecular weight excluding hydrogens is 267 g/mol. The second-order valence-corrected chi connectivity index (χ2v) is 5.32. The lowest BCUT2D eigenvalue weighted by atomic mass is 10.1. The first-order valence-corrected chi connectivity index (χ1v) is 6.94. The van der Waals surface area contributed by atoms with Gasteiger partial charge in [-0.3, -0.25) is 4.68 Å². The molecule has 0 radical (unpaired) electrons. The summed E-state index contributed by atoms with van der Waals surface area (Å²) < 4.78 is 15.0. The first kappa shape index (κ1) is 15.2. The quantitative estimate of drug-likeness (QED) is 0.919. The Balaban J connectivity index is 2.01. The van der Waals surface area contributed by atoms with Crippen LogP contribution in [0, 0.1) is 24.1 Å². The van der Waals surface area contributed by atoms with Gasteiger partial charge in [0.15, 0.2) is 0 Å². The molecule has 0 aliphatic carbocycles. The van der Waals surface area contributed by atoms with Crippen LogP contribution in [-0.2, 0) is 6.54 Å². The molecule has 2 aromatic rings. The Morgan fingerprint density at radius 3 is 2.81 bits per heavy atom. The van der Waals surface area contributed by atoms with Gasteiger partial charge < -0.3 is 5.32 Å². The van der Waals surface area contributed by atoms with Crippen LogP contribution < -0.4 is 5.32 Å². The van der Waals surface area contributed by atoms with Crippen LogP contribution in [0.2, 0.25) is 0 Å². The van der Waals surface area contributed by atoms with Gasteiger partial charge >= 0.3 is 0 Å². The molecule has 0 saturated heterocycles. The maximum absolute atomic E-state index is 13.1. The maximum Gasteiger partial charge on any atom is 0.124 e. The average molecular weight is 286 g/mol. The van der Waals surface area contributed by atoms with Crippen molar-refractivity contribution in [2.24, 2.45) is 0 Å². The number of halogens is 1. The summed E-state index contributed by atoms with van der Waals surface area (Å²) in [7, 11) is 0. The molecule has 110 valence electrons. The largest absolute Gasteiger partial charge is 0.308 e. The fourth-order valence-electron chi connectivity index (χ4n) is 2.13. The molecule has 5 heteroatoms. The third kappa shape index (κ3) is 3.67. The van der Waals surface area contributed by atoms with Gasteiger partial charge in [-0.1, -0.05) is 6.07 Å². The minimum absolute atomic E-state index is 0.167. The second kappa shape index (κ2) is 6.51. The lowest BCUT2D eigenvalue weighted by molar-refractivity contribution is 0.365. The molecule has 21 heavy (non-hydrogen) atoms. The number of hydrogen-bond acceptors (Lipinski definition) is 3. The van der Waals surface area contributed by atoms with Gasteiger partial charge in [-0.15, -0.1) is 0 Å². The first-order chi connectivity index (χ1) is 10.0. The van der Waals surface area contributed by atoms with E-state index in [-0.39, 0.29) is 17.9 Å². The van der Waals surface area contributed by atoms with Crippen LogP contribution >= 0.6 is 0 Å². The van der Waals surface area contributed by atoms with Crippen LogP contribution in [0.15, 0.2) is 30.6 Å². The smallest absolute Gasteiger partial charge is 0.124 e. The van der Waals surface area contributed by atoms with Gasteiger partial charge in [-0.25, -0.2) is 4.39 Å². The van der Waals surface area contributed by atoms with E-state index in [0.29, 0.717) is 12.1 Å². The molecule has 1 aromatic heterocycles. The van der Waals surface area contributed by atoms with Gasteiger partial charge in [-0.2, -0.15) is 10.4 Å². The van der Waals surface area contributed by atoms with Crippen molar-refractivity contribution in [2.75, 3.05) is 0 Å². The van der Waals surface area contributed by atoms with Crippen molar-refractivity contribution in [3.8, 4) is 6.07 Å². The summed E-state index contributed by atoms with van der Waals surface area (Å²) in [5.74, 6) is -0.385. The lowest BCUT2D eigenvalue weighted by Crippen LogP contribution is -2.33. The molecule has 0 aliphatic rings. The van der Waals surface area contributed by atoms with Crippen molar-refractivity contribution in [1.82, 2.24) is 15.1 Å². The highest BCUT2D eigenvalue weighted by molar-refractivity contribution is 5.37. The van der Waals surface area contributed by atoms with E-state index in [0.717, 1.165) is 11.1 Å². The molecule has 0 fully saturated rings. The zero-order valence-corrected chi connectivity index (χ0v) is 12.5.